The highest BCUT2D eigenvalue weighted by atomic mass is 16.6. The number of methoxy groups -OCH3 is 1. The summed E-state index contributed by atoms with van der Waals surface area (Å²) in [5, 5.41) is 3.39. The summed E-state index contributed by atoms with van der Waals surface area (Å²) in [6.45, 7) is 6.36. The van der Waals surface area contributed by atoms with Crippen LogP contribution in [-0.2, 0) is 11.2 Å². The van der Waals surface area contributed by atoms with Crippen molar-refractivity contribution in [2.45, 2.75) is 32.8 Å². The van der Waals surface area contributed by atoms with E-state index in [0.29, 0.717) is 0 Å². The molecule has 0 aliphatic rings. The van der Waals surface area contributed by atoms with Crippen LogP contribution >= 0.6 is 0 Å². The lowest BCUT2D eigenvalue weighted by Crippen LogP contribution is -2.34. The minimum absolute atomic E-state index is 0.366. The predicted octanol–water partition coefficient (Wildman–Crippen LogP) is 4.72. The van der Waals surface area contributed by atoms with Gasteiger partial charge in [-0.1, -0.05) is 18.2 Å². The van der Waals surface area contributed by atoms with Gasteiger partial charge in [0, 0.05) is 25.0 Å². The molecule has 1 N–H and O–H groups in total. The van der Waals surface area contributed by atoms with E-state index in [0.717, 1.165) is 30.1 Å². The molecule has 0 saturated carbocycles. The minimum atomic E-state index is -0.509. The number of hydrogen-bond acceptors (Lipinski definition) is 4. The molecule has 0 heterocycles. The Bertz CT molecular complexity index is 721. The number of amides is 1. The Morgan fingerprint density at radius 2 is 1.73 bits per heavy atom. The van der Waals surface area contributed by atoms with Crippen molar-refractivity contribution in [2.24, 2.45) is 0 Å². The van der Waals surface area contributed by atoms with E-state index >= 15 is 0 Å². The Morgan fingerprint density at radius 3 is 2.35 bits per heavy atom. The van der Waals surface area contributed by atoms with Gasteiger partial charge < -0.3 is 14.8 Å². The van der Waals surface area contributed by atoms with E-state index in [1.165, 1.54) is 10.5 Å². The summed E-state index contributed by atoms with van der Waals surface area (Å²) in [6.07, 6.45) is 0.498. The van der Waals surface area contributed by atoms with Gasteiger partial charge in [0.25, 0.3) is 0 Å². The smallest absolute Gasteiger partial charge is 0.414 e. The summed E-state index contributed by atoms with van der Waals surface area (Å²) in [6, 6.07) is 15.7. The number of anilines is 2. The average Bonchev–Trinajstić information content (AvgIpc) is 2.60. The molecule has 5 heteroatoms. The van der Waals surface area contributed by atoms with Crippen LogP contribution in [0.1, 0.15) is 26.3 Å². The van der Waals surface area contributed by atoms with Crippen LogP contribution in [0.2, 0.25) is 0 Å². The summed E-state index contributed by atoms with van der Waals surface area (Å²) in [7, 11) is 3.39. The van der Waals surface area contributed by atoms with E-state index in [9.17, 15) is 4.79 Å². The van der Waals surface area contributed by atoms with Crippen molar-refractivity contribution in [3.05, 3.63) is 54.1 Å². The molecule has 2 aromatic carbocycles. The maximum atomic E-state index is 12.1. The van der Waals surface area contributed by atoms with E-state index in [2.05, 4.69) is 11.4 Å². The topological polar surface area (TPSA) is 50.8 Å². The van der Waals surface area contributed by atoms with Crippen LogP contribution in [0.4, 0.5) is 16.2 Å². The second kappa shape index (κ2) is 8.61. The van der Waals surface area contributed by atoms with Gasteiger partial charge in [-0.3, -0.25) is 4.90 Å². The Labute approximate surface area is 155 Å². The zero-order valence-corrected chi connectivity index (χ0v) is 16.2. The average molecular weight is 356 g/mol. The van der Waals surface area contributed by atoms with E-state index in [1.807, 2.05) is 63.2 Å². The standard InChI is InChI=1S/C21H28N2O3/c1-21(2,3)26-20(24)23(4)18-12-10-17(11-13-18)22-15-14-16-8-6-7-9-19(16)25-5/h6-13,22H,14-15H2,1-5H3. The predicted molar refractivity (Wildman–Crippen MR) is 106 cm³/mol. The number of rotatable bonds is 6. The molecule has 0 aliphatic heterocycles. The van der Waals surface area contributed by atoms with Crippen LogP contribution in [0.25, 0.3) is 0 Å². The number of nitrogens with one attached hydrogen (secondary N) is 1. The first-order chi connectivity index (χ1) is 12.3. The summed E-state index contributed by atoms with van der Waals surface area (Å²) in [5.41, 5.74) is 2.45. The molecular weight excluding hydrogens is 328 g/mol. The molecule has 0 spiro atoms. The number of carbonyl (C=O) groups excluding carboxylic acids is 1. The van der Waals surface area contributed by atoms with Gasteiger partial charge in [0.05, 0.1) is 7.11 Å². The summed E-state index contributed by atoms with van der Waals surface area (Å²) in [4.78, 5) is 13.6. The van der Waals surface area contributed by atoms with Crippen LogP contribution in [0.3, 0.4) is 0 Å². The maximum Gasteiger partial charge on any atom is 0.414 e. The molecule has 0 fully saturated rings. The lowest BCUT2D eigenvalue weighted by molar-refractivity contribution is 0.0589. The SMILES string of the molecule is COc1ccccc1CCNc1ccc(N(C)C(=O)OC(C)(C)C)cc1. The van der Waals surface area contributed by atoms with Crippen LogP contribution in [0.15, 0.2) is 48.5 Å². The summed E-state index contributed by atoms with van der Waals surface area (Å²) < 4.78 is 10.7. The molecule has 1 amide bonds. The van der Waals surface area contributed by atoms with Gasteiger partial charge in [-0.15, -0.1) is 0 Å². The van der Waals surface area contributed by atoms with Gasteiger partial charge in [-0.2, -0.15) is 0 Å². The van der Waals surface area contributed by atoms with Crippen LogP contribution in [-0.4, -0.2) is 32.4 Å². The van der Waals surface area contributed by atoms with Crippen LogP contribution < -0.4 is 15.0 Å². The van der Waals surface area contributed by atoms with Gasteiger partial charge >= 0.3 is 6.09 Å². The maximum absolute atomic E-state index is 12.1. The fraction of sp³-hybridized carbons (Fsp3) is 0.381. The van der Waals surface area contributed by atoms with Crippen LogP contribution in [0.5, 0.6) is 5.75 Å². The van der Waals surface area contributed by atoms with Crippen molar-refractivity contribution >= 4 is 17.5 Å². The minimum Gasteiger partial charge on any atom is -0.496 e. The Morgan fingerprint density at radius 1 is 1.08 bits per heavy atom. The summed E-state index contributed by atoms with van der Waals surface area (Å²) >= 11 is 0. The lowest BCUT2D eigenvalue weighted by Gasteiger charge is -2.24. The molecule has 5 nitrogen and oxygen atoms in total. The number of para-hydroxylation sites is 1. The van der Waals surface area contributed by atoms with E-state index in [-0.39, 0.29) is 6.09 Å². The molecule has 0 atom stereocenters. The molecule has 0 bridgehead atoms. The monoisotopic (exact) mass is 356 g/mol. The molecule has 0 unspecified atom stereocenters. The first-order valence-electron chi connectivity index (χ1n) is 8.72. The van der Waals surface area contributed by atoms with Gasteiger partial charge in [0.1, 0.15) is 11.4 Å². The number of nitrogens with zero attached hydrogens (tertiary/aromatic N) is 1. The van der Waals surface area contributed by atoms with E-state index in [4.69, 9.17) is 9.47 Å². The number of carbonyl (C=O) groups is 1. The van der Waals surface area contributed by atoms with Gasteiger partial charge in [0.15, 0.2) is 0 Å². The van der Waals surface area contributed by atoms with Crippen molar-refractivity contribution in [2.75, 3.05) is 30.9 Å². The highest BCUT2D eigenvalue weighted by Crippen LogP contribution is 2.21. The first kappa shape index (κ1) is 19.6. The highest BCUT2D eigenvalue weighted by molar-refractivity contribution is 5.87. The second-order valence-corrected chi connectivity index (χ2v) is 7.07. The Hall–Kier alpha value is -2.69. The molecule has 0 aromatic heterocycles. The zero-order chi connectivity index (χ0) is 19.2. The Balaban J connectivity index is 1.90. The first-order valence-corrected chi connectivity index (χ1v) is 8.72. The Kier molecular flexibility index (Phi) is 6.50. The largest absolute Gasteiger partial charge is 0.496 e. The quantitative estimate of drug-likeness (QED) is 0.813. The summed E-state index contributed by atoms with van der Waals surface area (Å²) in [5.74, 6) is 0.906. The fourth-order valence-corrected chi connectivity index (χ4v) is 2.49. The molecular formula is C21H28N2O3. The normalized spacial score (nSPS) is 11.0. The third-order valence-electron chi connectivity index (χ3n) is 3.84. The molecule has 2 aromatic rings. The van der Waals surface area contributed by atoms with E-state index < -0.39 is 5.60 Å². The van der Waals surface area contributed by atoms with Gasteiger partial charge in [-0.05, 0) is 63.1 Å². The number of ether oxygens (including phenoxy) is 2. The number of hydrogen-bond donors (Lipinski definition) is 1. The molecule has 140 valence electrons. The second-order valence-electron chi connectivity index (χ2n) is 7.07. The fourth-order valence-electron chi connectivity index (χ4n) is 2.49. The molecule has 26 heavy (non-hydrogen) atoms. The number of benzene rings is 2. The zero-order valence-electron chi connectivity index (χ0n) is 16.2. The van der Waals surface area contributed by atoms with Crippen molar-refractivity contribution in [1.82, 2.24) is 0 Å². The highest BCUT2D eigenvalue weighted by Gasteiger charge is 2.20. The van der Waals surface area contributed by atoms with E-state index in [1.54, 1.807) is 14.2 Å². The molecule has 2 rings (SSSR count). The lowest BCUT2D eigenvalue weighted by atomic mass is 10.1. The van der Waals surface area contributed by atoms with Crippen molar-refractivity contribution in [3.63, 3.8) is 0 Å². The van der Waals surface area contributed by atoms with Gasteiger partial charge in [0.2, 0.25) is 0 Å². The third kappa shape index (κ3) is 5.69. The van der Waals surface area contributed by atoms with Crippen LogP contribution in [0, 0.1) is 0 Å². The molecule has 0 saturated heterocycles. The molecule has 0 radical (unpaired) electrons. The van der Waals surface area contributed by atoms with Crippen molar-refractivity contribution < 1.29 is 14.3 Å². The van der Waals surface area contributed by atoms with Crippen molar-refractivity contribution in [3.8, 4) is 5.75 Å². The van der Waals surface area contributed by atoms with Crippen molar-refractivity contribution in [1.29, 1.82) is 0 Å². The third-order valence-corrected chi connectivity index (χ3v) is 3.84. The molecule has 0 aliphatic carbocycles. The van der Waals surface area contributed by atoms with Gasteiger partial charge in [-0.25, -0.2) is 4.79 Å².